The summed E-state index contributed by atoms with van der Waals surface area (Å²) >= 11 is 6.02. The van der Waals surface area contributed by atoms with Crippen LogP contribution >= 0.6 is 11.6 Å². The summed E-state index contributed by atoms with van der Waals surface area (Å²) in [5.74, 6) is -0.653. The molecule has 1 aliphatic rings. The summed E-state index contributed by atoms with van der Waals surface area (Å²) in [5.41, 5.74) is 6.13. The Bertz CT molecular complexity index is 1090. The van der Waals surface area contributed by atoms with Gasteiger partial charge in [-0.2, -0.15) is 5.26 Å². The smallest absolute Gasteiger partial charge is 0.412 e. The third-order valence-corrected chi connectivity index (χ3v) is 6.37. The van der Waals surface area contributed by atoms with Crippen molar-refractivity contribution in [2.45, 2.75) is 39.2 Å². The molecule has 1 aromatic rings. The van der Waals surface area contributed by atoms with E-state index in [1.54, 1.807) is 19.2 Å². The Morgan fingerprint density at radius 3 is 2.71 bits per heavy atom. The fourth-order valence-electron chi connectivity index (χ4n) is 3.74. The van der Waals surface area contributed by atoms with Gasteiger partial charge in [0.05, 0.1) is 40.3 Å². The predicted octanol–water partition coefficient (Wildman–Crippen LogP) is 5.31. The van der Waals surface area contributed by atoms with E-state index in [2.05, 4.69) is 12.6 Å². The Morgan fingerprint density at radius 2 is 2.17 bits per heavy atom. The van der Waals surface area contributed by atoms with Crippen molar-refractivity contribution in [2.24, 2.45) is 5.41 Å². The SMILES string of the molecule is C=CC(=CC=C(C)F)CC(C#N)(CC)CCN(C)C(=O)C1CN(C(=O)O)c2cc(Cl)c(N)cc2O1. The van der Waals surface area contributed by atoms with Gasteiger partial charge in [0.1, 0.15) is 5.75 Å². The van der Waals surface area contributed by atoms with Crippen molar-refractivity contribution in [1.29, 1.82) is 5.26 Å². The van der Waals surface area contributed by atoms with Gasteiger partial charge in [-0.25, -0.2) is 9.18 Å². The zero-order valence-electron chi connectivity index (χ0n) is 20.1. The molecule has 1 aromatic carbocycles. The van der Waals surface area contributed by atoms with Crippen LogP contribution in [0.1, 0.15) is 33.1 Å². The number of nitrogens with zero attached hydrogens (tertiary/aromatic N) is 3. The summed E-state index contributed by atoms with van der Waals surface area (Å²) in [6, 6.07) is 5.13. The van der Waals surface area contributed by atoms with Crippen molar-refractivity contribution in [3.05, 3.63) is 53.4 Å². The van der Waals surface area contributed by atoms with Crippen molar-refractivity contribution in [3.63, 3.8) is 0 Å². The van der Waals surface area contributed by atoms with Crippen molar-refractivity contribution >= 4 is 35.0 Å². The van der Waals surface area contributed by atoms with Crippen LogP contribution in [0.3, 0.4) is 0 Å². The second-order valence-corrected chi connectivity index (χ2v) is 8.88. The van der Waals surface area contributed by atoms with E-state index in [9.17, 15) is 24.3 Å². The first-order chi connectivity index (χ1) is 16.5. The Balaban J connectivity index is 2.18. The third kappa shape index (κ3) is 6.76. The van der Waals surface area contributed by atoms with E-state index in [1.165, 1.54) is 30.0 Å². The molecule has 2 amide bonds. The molecule has 0 spiro atoms. The quantitative estimate of drug-likeness (QED) is 0.347. The lowest BCUT2D eigenvalue weighted by atomic mass is 9.77. The number of halogens is 2. The van der Waals surface area contributed by atoms with E-state index in [0.29, 0.717) is 24.8 Å². The van der Waals surface area contributed by atoms with Gasteiger partial charge in [-0.15, -0.1) is 0 Å². The van der Waals surface area contributed by atoms with E-state index in [-0.39, 0.29) is 41.1 Å². The molecular formula is C25H30ClFN4O4. The zero-order valence-corrected chi connectivity index (χ0v) is 20.8. The van der Waals surface area contributed by atoms with E-state index in [4.69, 9.17) is 22.1 Å². The number of nitrogens with two attached hydrogens (primary N) is 1. The van der Waals surface area contributed by atoms with Crippen LogP contribution < -0.4 is 15.4 Å². The zero-order chi connectivity index (χ0) is 26.3. The van der Waals surface area contributed by atoms with Gasteiger partial charge in [0.2, 0.25) is 0 Å². The van der Waals surface area contributed by atoms with E-state index in [1.807, 2.05) is 6.92 Å². The molecule has 2 unspecified atom stereocenters. The minimum Gasteiger partial charge on any atom is -0.476 e. The largest absolute Gasteiger partial charge is 0.476 e. The van der Waals surface area contributed by atoms with E-state index in [0.717, 1.165) is 4.90 Å². The van der Waals surface area contributed by atoms with Gasteiger partial charge < -0.3 is 20.5 Å². The summed E-state index contributed by atoms with van der Waals surface area (Å²) in [5, 5.41) is 19.7. The van der Waals surface area contributed by atoms with Gasteiger partial charge in [-0.3, -0.25) is 9.69 Å². The first-order valence-electron chi connectivity index (χ1n) is 11.0. The van der Waals surface area contributed by atoms with Crippen LogP contribution in [0.15, 0.2) is 48.3 Å². The second-order valence-electron chi connectivity index (χ2n) is 8.47. The number of fused-ring (bicyclic) bond motifs is 1. The number of rotatable bonds is 9. The number of carboxylic acid groups (broad SMARTS) is 1. The minimum absolute atomic E-state index is 0.143. The van der Waals surface area contributed by atoms with Gasteiger partial charge in [0.15, 0.2) is 6.10 Å². The summed E-state index contributed by atoms with van der Waals surface area (Å²) in [6.07, 6.45) is 3.34. The number of nitriles is 1. The highest BCUT2D eigenvalue weighted by Crippen LogP contribution is 2.39. The van der Waals surface area contributed by atoms with Gasteiger partial charge in [-0.05, 0) is 43.9 Å². The molecule has 1 aliphatic heterocycles. The van der Waals surface area contributed by atoms with Crippen LogP contribution in [0.25, 0.3) is 0 Å². The molecule has 0 saturated carbocycles. The fourth-order valence-corrected chi connectivity index (χ4v) is 3.90. The van der Waals surface area contributed by atoms with Crippen molar-refractivity contribution < 1.29 is 23.8 Å². The molecular weight excluding hydrogens is 475 g/mol. The van der Waals surface area contributed by atoms with Crippen LogP contribution in [-0.2, 0) is 4.79 Å². The summed E-state index contributed by atoms with van der Waals surface area (Å²) < 4.78 is 18.9. The molecule has 2 atom stereocenters. The van der Waals surface area contributed by atoms with Crippen molar-refractivity contribution in [2.75, 3.05) is 30.8 Å². The Labute approximate surface area is 209 Å². The number of hydrogen-bond donors (Lipinski definition) is 2. The molecule has 0 aromatic heterocycles. The Kier molecular flexibility index (Phi) is 9.32. The van der Waals surface area contributed by atoms with Crippen LogP contribution in [0, 0.1) is 16.7 Å². The molecule has 35 heavy (non-hydrogen) atoms. The molecule has 8 nitrogen and oxygen atoms in total. The maximum Gasteiger partial charge on any atom is 0.412 e. The number of nitrogen functional groups attached to an aromatic ring is 1. The number of allylic oxidation sites excluding steroid dienone is 5. The average molecular weight is 505 g/mol. The summed E-state index contributed by atoms with van der Waals surface area (Å²) in [4.78, 5) is 27.4. The van der Waals surface area contributed by atoms with E-state index < -0.39 is 23.5 Å². The van der Waals surface area contributed by atoms with Crippen LogP contribution in [-0.4, -0.2) is 48.2 Å². The maximum atomic E-state index is 13.1. The predicted molar refractivity (Wildman–Crippen MR) is 134 cm³/mol. The highest BCUT2D eigenvalue weighted by atomic mass is 35.5. The molecule has 1 heterocycles. The molecule has 0 radical (unpaired) electrons. The molecule has 10 heteroatoms. The highest BCUT2D eigenvalue weighted by molar-refractivity contribution is 6.33. The van der Waals surface area contributed by atoms with Crippen LogP contribution in [0.2, 0.25) is 5.02 Å². The Hall–Kier alpha value is -3.51. The van der Waals surface area contributed by atoms with Gasteiger partial charge in [0, 0.05) is 19.7 Å². The number of hydrogen-bond acceptors (Lipinski definition) is 5. The maximum absolute atomic E-state index is 13.1. The fraction of sp³-hybridized carbons (Fsp3) is 0.400. The third-order valence-electron chi connectivity index (χ3n) is 6.04. The number of benzene rings is 1. The van der Waals surface area contributed by atoms with Gasteiger partial charge >= 0.3 is 6.09 Å². The molecule has 2 rings (SSSR count). The topological polar surface area (TPSA) is 120 Å². The molecule has 188 valence electrons. The lowest BCUT2D eigenvalue weighted by Gasteiger charge is -2.35. The summed E-state index contributed by atoms with van der Waals surface area (Å²) in [6.45, 7) is 6.96. The first-order valence-corrected chi connectivity index (χ1v) is 11.4. The lowest BCUT2D eigenvalue weighted by molar-refractivity contribution is -0.137. The lowest BCUT2D eigenvalue weighted by Crippen LogP contribution is -2.51. The first kappa shape index (κ1) is 27.7. The Morgan fingerprint density at radius 1 is 1.49 bits per heavy atom. The van der Waals surface area contributed by atoms with Gasteiger partial charge in [-0.1, -0.05) is 37.3 Å². The van der Waals surface area contributed by atoms with E-state index >= 15 is 0 Å². The number of carbonyl (C=O) groups excluding carboxylic acids is 1. The number of likely N-dealkylation sites (N-methyl/N-ethyl adjacent to an activating group) is 1. The molecule has 0 saturated heterocycles. The normalized spacial score (nSPS) is 17.5. The molecule has 0 fully saturated rings. The standard InChI is InChI=1S/C25H30ClFN4O4/c1-5-17(8-7-16(3)27)13-25(6-2,15-28)9-10-30(4)23(32)22-14-31(24(33)34)20-11-18(26)19(29)12-21(20)35-22/h5,7-8,11-12,22H,1,6,9-10,13-14,29H2,2-4H3,(H,33,34). The molecule has 0 bridgehead atoms. The number of ether oxygens (including phenoxy) is 1. The monoisotopic (exact) mass is 504 g/mol. The van der Waals surface area contributed by atoms with Crippen molar-refractivity contribution in [3.8, 4) is 11.8 Å². The van der Waals surface area contributed by atoms with Crippen LogP contribution in [0.4, 0.5) is 20.6 Å². The summed E-state index contributed by atoms with van der Waals surface area (Å²) in [7, 11) is 1.57. The number of carbonyl (C=O) groups is 2. The number of anilines is 2. The highest BCUT2D eigenvalue weighted by Gasteiger charge is 2.37. The number of amides is 2. The van der Waals surface area contributed by atoms with Crippen LogP contribution in [0.5, 0.6) is 5.75 Å². The molecule has 3 N–H and O–H groups in total. The molecule has 0 aliphatic carbocycles. The average Bonchev–Trinajstić information content (AvgIpc) is 2.83. The van der Waals surface area contributed by atoms with Crippen molar-refractivity contribution in [1.82, 2.24) is 4.90 Å². The minimum atomic E-state index is -1.26. The van der Waals surface area contributed by atoms with Gasteiger partial charge in [0.25, 0.3) is 5.91 Å². The second kappa shape index (κ2) is 11.8.